The highest BCUT2D eigenvalue weighted by Crippen LogP contribution is 2.18. The van der Waals surface area contributed by atoms with E-state index in [0.29, 0.717) is 17.5 Å². The third-order valence-electron chi connectivity index (χ3n) is 4.16. The first-order valence-corrected chi connectivity index (χ1v) is 8.14. The minimum Gasteiger partial charge on any atom is -0.457 e. The molecule has 6 nitrogen and oxygen atoms in total. The third kappa shape index (κ3) is 4.14. The van der Waals surface area contributed by atoms with E-state index in [9.17, 15) is 14.4 Å². The van der Waals surface area contributed by atoms with Crippen molar-refractivity contribution in [2.75, 3.05) is 0 Å². The highest BCUT2D eigenvalue weighted by Gasteiger charge is 2.30. The Bertz CT molecular complexity index is 897. The van der Waals surface area contributed by atoms with Gasteiger partial charge in [-0.3, -0.25) is 14.9 Å². The van der Waals surface area contributed by atoms with E-state index >= 15 is 0 Å². The van der Waals surface area contributed by atoms with Gasteiger partial charge in [-0.1, -0.05) is 24.3 Å². The molecule has 6 heteroatoms. The van der Waals surface area contributed by atoms with Gasteiger partial charge in [-0.05, 0) is 41.8 Å². The number of ether oxygens (including phenoxy) is 1. The summed E-state index contributed by atoms with van der Waals surface area (Å²) in [7, 11) is 0. The van der Waals surface area contributed by atoms with Gasteiger partial charge >= 0.3 is 5.97 Å². The van der Waals surface area contributed by atoms with Crippen LogP contribution in [0.5, 0.6) is 0 Å². The van der Waals surface area contributed by atoms with Crippen molar-refractivity contribution < 1.29 is 19.1 Å². The molecule has 1 atom stereocenters. The molecule has 0 aliphatic carbocycles. The number of imide groups is 1. The molecule has 1 N–H and O–H groups in total. The van der Waals surface area contributed by atoms with Crippen molar-refractivity contribution in [2.45, 2.75) is 19.4 Å². The molecule has 1 saturated heterocycles. The summed E-state index contributed by atoms with van der Waals surface area (Å²) in [5.74, 6) is -1.32. The first-order chi connectivity index (χ1) is 12.5. The monoisotopic (exact) mass is 348 g/mol. The summed E-state index contributed by atoms with van der Waals surface area (Å²) in [6.07, 6.45) is 0.651. The van der Waals surface area contributed by atoms with Crippen LogP contribution in [0, 0.1) is 17.2 Å². The lowest BCUT2D eigenvalue weighted by atomic mass is 9.97. The summed E-state index contributed by atoms with van der Waals surface area (Å²) in [6.45, 7) is 0.0838. The second-order valence-electron chi connectivity index (χ2n) is 6.10. The van der Waals surface area contributed by atoms with Crippen LogP contribution in [0.2, 0.25) is 0 Å². The summed E-state index contributed by atoms with van der Waals surface area (Å²) in [6, 6.07) is 15.7. The quantitative estimate of drug-likeness (QED) is 0.659. The van der Waals surface area contributed by atoms with Gasteiger partial charge in [0.15, 0.2) is 0 Å². The summed E-state index contributed by atoms with van der Waals surface area (Å²) in [5, 5.41) is 11.2. The number of rotatable bonds is 5. The average Bonchev–Trinajstić information content (AvgIpc) is 2.97. The van der Waals surface area contributed by atoms with Gasteiger partial charge in [0, 0.05) is 6.42 Å². The van der Waals surface area contributed by atoms with E-state index in [1.165, 1.54) is 0 Å². The predicted molar refractivity (Wildman–Crippen MR) is 91.7 cm³/mol. The molecule has 0 spiro atoms. The number of nitrogens with one attached hydrogen (secondary N) is 1. The largest absolute Gasteiger partial charge is 0.457 e. The zero-order chi connectivity index (χ0) is 18.5. The maximum atomic E-state index is 12.1. The number of amides is 2. The van der Waals surface area contributed by atoms with E-state index in [1.807, 2.05) is 6.07 Å². The summed E-state index contributed by atoms with van der Waals surface area (Å²) >= 11 is 0. The van der Waals surface area contributed by atoms with Crippen molar-refractivity contribution in [3.05, 3.63) is 70.8 Å². The maximum absolute atomic E-state index is 12.1. The van der Waals surface area contributed by atoms with Crippen molar-refractivity contribution in [3.8, 4) is 6.07 Å². The lowest BCUT2D eigenvalue weighted by molar-refractivity contribution is -0.125. The molecular formula is C20H16N2O4. The van der Waals surface area contributed by atoms with Gasteiger partial charge in [0.1, 0.15) is 6.61 Å². The molecule has 0 aromatic heterocycles. The Morgan fingerprint density at radius 1 is 1.15 bits per heavy atom. The number of carbonyl (C=O) groups excluding carboxylic acids is 3. The molecular weight excluding hydrogens is 332 g/mol. The molecule has 2 amide bonds. The van der Waals surface area contributed by atoms with Crippen LogP contribution in [-0.2, 0) is 27.4 Å². The number of nitrogens with zero attached hydrogens (tertiary/aromatic N) is 1. The third-order valence-corrected chi connectivity index (χ3v) is 4.16. The molecule has 2 aromatic rings. The molecule has 1 aliphatic heterocycles. The second kappa shape index (κ2) is 7.62. The molecule has 0 radical (unpaired) electrons. The molecule has 0 unspecified atom stereocenters. The first-order valence-electron chi connectivity index (χ1n) is 8.14. The van der Waals surface area contributed by atoms with Crippen molar-refractivity contribution in [1.29, 1.82) is 5.26 Å². The Morgan fingerprint density at radius 3 is 2.58 bits per heavy atom. The molecule has 1 fully saturated rings. The van der Waals surface area contributed by atoms with Crippen LogP contribution < -0.4 is 5.32 Å². The zero-order valence-corrected chi connectivity index (χ0v) is 13.9. The van der Waals surface area contributed by atoms with E-state index in [4.69, 9.17) is 10.00 Å². The zero-order valence-electron chi connectivity index (χ0n) is 13.9. The van der Waals surface area contributed by atoms with E-state index < -0.39 is 5.97 Å². The van der Waals surface area contributed by atoms with Crippen LogP contribution in [0.15, 0.2) is 48.5 Å². The fourth-order valence-electron chi connectivity index (χ4n) is 2.80. The Morgan fingerprint density at radius 2 is 1.92 bits per heavy atom. The minimum absolute atomic E-state index is 0.0838. The number of carbonyl (C=O) groups is 3. The highest BCUT2D eigenvalue weighted by molar-refractivity contribution is 6.03. The van der Waals surface area contributed by atoms with Gasteiger partial charge in [-0.25, -0.2) is 4.79 Å². The molecule has 0 saturated carbocycles. The molecule has 2 aromatic carbocycles. The van der Waals surface area contributed by atoms with E-state index in [-0.39, 0.29) is 30.8 Å². The van der Waals surface area contributed by atoms with Gasteiger partial charge in [0.05, 0.1) is 23.1 Å². The van der Waals surface area contributed by atoms with Crippen LogP contribution in [0.3, 0.4) is 0 Å². The molecule has 1 heterocycles. The number of esters is 1. The summed E-state index contributed by atoms with van der Waals surface area (Å²) in [5.41, 5.74) is 2.53. The SMILES string of the molecule is N#Cc1cccc(COC(=O)c2ccc(C[C@@H]3CC(=O)NC3=O)cc2)c1. The van der Waals surface area contributed by atoms with Crippen molar-refractivity contribution in [3.63, 3.8) is 0 Å². The van der Waals surface area contributed by atoms with Crippen molar-refractivity contribution >= 4 is 17.8 Å². The predicted octanol–water partition coefficient (Wildman–Crippen LogP) is 2.12. The lowest BCUT2D eigenvalue weighted by Gasteiger charge is -2.08. The van der Waals surface area contributed by atoms with Crippen LogP contribution in [0.4, 0.5) is 0 Å². The van der Waals surface area contributed by atoms with Crippen LogP contribution in [0.25, 0.3) is 0 Å². The standard InChI is InChI=1S/C20H16N2O4/c21-11-14-2-1-3-15(8-14)12-26-20(25)16-6-4-13(5-7-16)9-17-10-18(23)22-19(17)24/h1-8,17H,9-10,12H2,(H,22,23,24)/t17-/m1/s1. The first kappa shape index (κ1) is 17.4. The molecule has 130 valence electrons. The van der Waals surface area contributed by atoms with Crippen LogP contribution in [-0.4, -0.2) is 17.8 Å². The number of hydrogen-bond donors (Lipinski definition) is 1. The highest BCUT2D eigenvalue weighted by atomic mass is 16.5. The van der Waals surface area contributed by atoms with Crippen LogP contribution in [0.1, 0.15) is 33.5 Å². The lowest BCUT2D eigenvalue weighted by Crippen LogP contribution is -2.22. The minimum atomic E-state index is -0.465. The maximum Gasteiger partial charge on any atom is 0.338 e. The van der Waals surface area contributed by atoms with Gasteiger partial charge in [0.25, 0.3) is 0 Å². The summed E-state index contributed by atoms with van der Waals surface area (Å²) in [4.78, 5) is 34.9. The second-order valence-corrected chi connectivity index (χ2v) is 6.10. The van der Waals surface area contributed by atoms with Crippen LogP contribution >= 0.6 is 0 Å². The number of benzene rings is 2. The molecule has 3 rings (SSSR count). The van der Waals surface area contributed by atoms with Gasteiger partial charge in [-0.2, -0.15) is 5.26 Å². The van der Waals surface area contributed by atoms with E-state index in [2.05, 4.69) is 5.32 Å². The number of hydrogen-bond acceptors (Lipinski definition) is 5. The normalized spacial score (nSPS) is 16.0. The van der Waals surface area contributed by atoms with E-state index in [1.54, 1.807) is 48.5 Å². The Hall–Kier alpha value is -3.46. The average molecular weight is 348 g/mol. The molecule has 1 aliphatic rings. The fraction of sp³-hybridized carbons (Fsp3) is 0.200. The van der Waals surface area contributed by atoms with Gasteiger partial charge in [-0.15, -0.1) is 0 Å². The number of nitriles is 1. The molecule has 26 heavy (non-hydrogen) atoms. The van der Waals surface area contributed by atoms with Gasteiger partial charge < -0.3 is 4.74 Å². The van der Waals surface area contributed by atoms with Crippen molar-refractivity contribution in [1.82, 2.24) is 5.32 Å². The van der Waals surface area contributed by atoms with Gasteiger partial charge in [0.2, 0.25) is 11.8 Å². The summed E-state index contributed by atoms with van der Waals surface area (Å²) < 4.78 is 5.26. The molecule has 0 bridgehead atoms. The van der Waals surface area contributed by atoms with Crippen molar-refractivity contribution in [2.24, 2.45) is 5.92 Å². The Labute approximate surface area is 150 Å². The fourth-order valence-corrected chi connectivity index (χ4v) is 2.80. The topological polar surface area (TPSA) is 96.3 Å². The Balaban J connectivity index is 1.57. The van der Waals surface area contributed by atoms with E-state index in [0.717, 1.165) is 11.1 Å². The Kier molecular flexibility index (Phi) is 5.09. The smallest absolute Gasteiger partial charge is 0.338 e.